The number of benzene rings is 1. The lowest BCUT2D eigenvalue weighted by Gasteiger charge is -2.22. The Kier molecular flexibility index (Phi) is 5.41. The predicted molar refractivity (Wildman–Crippen MR) is 81.8 cm³/mol. The molecule has 0 fully saturated rings. The van der Waals surface area contributed by atoms with Crippen LogP contribution in [0.25, 0.3) is 0 Å². The molecule has 1 atom stereocenters. The first kappa shape index (κ1) is 17.9. The molecular formula is C14H20ClNO4S. The van der Waals surface area contributed by atoms with Gasteiger partial charge in [0.1, 0.15) is 16.5 Å². The maximum Gasteiger partial charge on any atom is 0.324 e. The van der Waals surface area contributed by atoms with E-state index in [4.69, 9.17) is 16.3 Å². The monoisotopic (exact) mass is 333 g/mol. The molecule has 5 nitrogen and oxygen atoms in total. The van der Waals surface area contributed by atoms with Crippen LogP contribution in [0.1, 0.15) is 33.3 Å². The lowest BCUT2D eigenvalue weighted by molar-refractivity contribution is -0.156. The largest absolute Gasteiger partial charge is 0.459 e. The molecule has 0 aliphatic carbocycles. The van der Waals surface area contributed by atoms with Crippen molar-refractivity contribution in [2.45, 2.75) is 51.2 Å². The Hall–Kier alpha value is -1.11. The molecule has 0 heterocycles. The van der Waals surface area contributed by atoms with Gasteiger partial charge in [0.2, 0.25) is 10.0 Å². The van der Waals surface area contributed by atoms with Crippen LogP contribution < -0.4 is 4.72 Å². The van der Waals surface area contributed by atoms with Crippen LogP contribution in [0.3, 0.4) is 0 Å². The summed E-state index contributed by atoms with van der Waals surface area (Å²) >= 11 is 5.95. The molecule has 0 amide bonds. The van der Waals surface area contributed by atoms with E-state index in [0.717, 1.165) is 5.56 Å². The van der Waals surface area contributed by atoms with Gasteiger partial charge in [-0.2, -0.15) is 4.72 Å². The van der Waals surface area contributed by atoms with E-state index >= 15 is 0 Å². The zero-order chi connectivity index (χ0) is 16.4. The minimum absolute atomic E-state index is 0.0647. The van der Waals surface area contributed by atoms with Gasteiger partial charge in [-0.15, -0.1) is 0 Å². The molecule has 0 aliphatic heterocycles. The van der Waals surface area contributed by atoms with Crippen LogP contribution in [0.15, 0.2) is 23.1 Å². The van der Waals surface area contributed by atoms with Crippen LogP contribution >= 0.6 is 11.6 Å². The fraction of sp³-hybridized carbons (Fsp3) is 0.500. The number of aryl methyl sites for hydroxylation is 1. The molecule has 0 saturated heterocycles. The summed E-state index contributed by atoms with van der Waals surface area (Å²) in [5.74, 6) is -0.644. The third kappa shape index (κ3) is 5.30. The Labute approximate surface area is 130 Å². The number of esters is 1. The van der Waals surface area contributed by atoms with E-state index in [1.807, 2.05) is 0 Å². The van der Waals surface area contributed by atoms with Crippen LogP contribution in [-0.2, 0) is 19.6 Å². The first-order valence-corrected chi connectivity index (χ1v) is 8.30. The predicted octanol–water partition coefficient (Wildman–Crippen LogP) is 2.66. The molecule has 0 aromatic heterocycles. The van der Waals surface area contributed by atoms with Crippen molar-refractivity contribution in [3.63, 3.8) is 0 Å². The van der Waals surface area contributed by atoms with Crippen molar-refractivity contribution in [2.75, 3.05) is 0 Å². The van der Waals surface area contributed by atoms with Crippen molar-refractivity contribution < 1.29 is 17.9 Å². The van der Waals surface area contributed by atoms with E-state index < -0.39 is 27.6 Å². The Morgan fingerprint density at radius 3 is 2.38 bits per heavy atom. The van der Waals surface area contributed by atoms with Gasteiger partial charge in [-0.05, 0) is 52.3 Å². The van der Waals surface area contributed by atoms with Gasteiger partial charge in [0.05, 0.1) is 5.02 Å². The topological polar surface area (TPSA) is 72.5 Å². The molecule has 0 unspecified atom stereocenters. The van der Waals surface area contributed by atoms with E-state index in [-0.39, 0.29) is 9.92 Å². The molecule has 7 heteroatoms. The highest BCUT2D eigenvalue weighted by atomic mass is 35.5. The van der Waals surface area contributed by atoms with E-state index in [1.165, 1.54) is 13.0 Å². The smallest absolute Gasteiger partial charge is 0.324 e. The second-order valence-corrected chi connectivity index (χ2v) is 7.90. The van der Waals surface area contributed by atoms with E-state index in [2.05, 4.69) is 4.72 Å². The average molecular weight is 334 g/mol. The third-order valence-corrected chi connectivity index (χ3v) is 4.49. The van der Waals surface area contributed by atoms with Gasteiger partial charge in [-0.25, -0.2) is 8.42 Å². The molecule has 118 valence electrons. The van der Waals surface area contributed by atoms with E-state index in [1.54, 1.807) is 39.8 Å². The van der Waals surface area contributed by atoms with Crippen LogP contribution in [0, 0.1) is 6.92 Å². The highest BCUT2D eigenvalue weighted by Crippen LogP contribution is 2.22. The number of carbonyl (C=O) groups is 1. The minimum atomic E-state index is -3.89. The van der Waals surface area contributed by atoms with Gasteiger partial charge in [-0.3, -0.25) is 4.79 Å². The van der Waals surface area contributed by atoms with Crippen molar-refractivity contribution in [2.24, 2.45) is 0 Å². The van der Waals surface area contributed by atoms with Crippen molar-refractivity contribution in [3.8, 4) is 0 Å². The summed E-state index contributed by atoms with van der Waals surface area (Å²) in [4.78, 5) is 11.8. The highest BCUT2D eigenvalue weighted by Gasteiger charge is 2.27. The molecule has 0 bridgehead atoms. The lowest BCUT2D eigenvalue weighted by Crippen LogP contribution is -2.42. The third-order valence-electron chi connectivity index (χ3n) is 2.47. The molecule has 0 radical (unpaired) electrons. The fourth-order valence-corrected chi connectivity index (χ4v) is 3.35. The second kappa shape index (κ2) is 6.34. The SMILES string of the molecule is Cc1ccc(S(=O)(=O)N[C@H](C)C(=O)OC(C)(C)C)c(Cl)c1. The minimum Gasteiger partial charge on any atom is -0.459 e. The summed E-state index contributed by atoms with van der Waals surface area (Å²) < 4.78 is 31.9. The van der Waals surface area contributed by atoms with Gasteiger partial charge in [-0.1, -0.05) is 17.7 Å². The zero-order valence-corrected chi connectivity index (χ0v) is 14.3. The Morgan fingerprint density at radius 1 is 1.33 bits per heavy atom. The molecular weight excluding hydrogens is 314 g/mol. The molecule has 0 spiro atoms. The second-order valence-electron chi connectivity index (χ2n) is 5.81. The van der Waals surface area contributed by atoms with Crippen molar-refractivity contribution >= 4 is 27.6 Å². The summed E-state index contributed by atoms with van der Waals surface area (Å²) in [7, 11) is -3.89. The summed E-state index contributed by atoms with van der Waals surface area (Å²) in [6.07, 6.45) is 0. The average Bonchev–Trinajstić information content (AvgIpc) is 2.24. The molecule has 1 N–H and O–H groups in total. The number of nitrogens with one attached hydrogen (secondary N) is 1. The lowest BCUT2D eigenvalue weighted by atomic mass is 10.2. The molecule has 1 rings (SSSR count). The van der Waals surface area contributed by atoms with Crippen molar-refractivity contribution in [3.05, 3.63) is 28.8 Å². The van der Waals surface area contributed by atoms with Gasteiger partial charge in [0, 0.05) is 0 Å². The normalized spacial score (nSPS) is 13.8. The van der Waals surface area contributed by atoms with Gasteiger partial charge in [0.25, 0.3) is 0 Å². The van der Waals surface area contributed by atoms with Crippen LogP contribution in [0.5, 0.6) is 0 Å². The zero-order valence-electron chi connectivity index (χ0n) is 12.7. The van der Waals surface area contributed by atoms with Crippen molar-refractivity contribution in [1.82, 2.24) is 4.72 Å². The Balaban J connectivity index is 2.92. The number of halogens is 1. The molecule has 21 heavy (non-hydrogen) atoms. The highest BCUT2D eigenvalue weighted by molar-refractivity contribution is 7.89. The summed E-state index contributed by atoms with van der Waals surface area (Å²) in [5.41, 5.74) is 0.164. The van der Waals surface area contributed by atoms with Crippen LogP contribution in [0.4, 0.5) is 0 Å². The summed E-state index contributed by atoms with van der Waals surface area (Å²) in [5, 5.41) is 0.110. The Morgan fingerprint density at radius 2 is 1.90 bits per heavy atom. The van der Waals surface area contributed by atoms with E-state index in [0.29, 0.717) is 0 Å². The number of sulfonamides is 1. The molecule has 1 aromatic rings. The van der Waals surface area contributed by atoms with Crippen LogP contribution in [-0.4, -0.2) is 26.0 Å². The van der Waals surface area contributed by atoms with E-state index in [9.17, 15) is 13.2 Å². The number of hydrogen-bond acceptors (Lipinski definition) is 4. The quantitative estimate of drug-likeness (QED) is 0.860. The Bertz CT molecular complexity index is 635. The first-order valence-electron chi connectivity index (χ1n) is 6.44. The number of carbonyl (C=O) groups excluding carboxylic acids is 1. The number of rotatable bonds is 4. The molecule has 0 saturated carbocycles. The summed E-state index contributed by atoms with van der Waals surface area (Å²) in [6, 6.07) is 3.58. The van der Waals surface area contributed by atoms with Crippen LogP contribution in [0.2, 0.25) is 5.02 Å². The van der Waals surface area contributed by atoms with Gasteiger partial charge < -0.3 is 4.74 Å². The maximum atomic E-state index is 12.2. The number of hydrogen-bond donors (Lipinski definition) is 1. The molecule has 1 aromatic carbocycles. The van der Waals surface area contributed by atoms with Gasteiger partial charge >= 0.3 is 5.97 Å². The number of ether oxygens (including phenoxy) is 1. The fourth-order valence-electron chi connectivity index (χ4n) is 1.56. The van der Waals surface area contributed by atoms with Crippen molar-refractivity contribution in [1.29, 1.82) is 0 Å². The van der Waals surface area contributed by atoms with Gasteiger partial charge in [0.15, 0.2) is 0 Å². The maximum absolute atomic E-state index is 12.2. The first-order chi connectivity index (χ1) is 9.42. The molecule has 0 aliphatic rings. The standard InChI is InChI=1S/C14H20ClNO4S/c1-9-6-7-12(11(15)8-9)21(18,19)16-10(2)13(17)20-14(3,4)5/h6-8,10,16H,1-5H3/t10-/m1/s1. The summed E-state index contributed by atoms with van der Waals surface area (Å²) in [6.45, 7) is 8.36.